The standard InChI is InChI=1S/C27H21Cl2F6N3O3/c1-24(2,23(40)36-13-26(30,31)32)37-22(39)20-8-7-19(17-5-3-4-6-18(17)20)21-12-25(41-38-21,27(33,34)35)14-9-15(28)11-16(29)10-14/h3-11H,12-13H2,1-2H3,(H,36,40)(H,37,39). The van der Waals surface area contributed by atoms with E-state index in [0.29, 0.717) is 10.8 Å². The molecular weight excluding hydrogens is 599 g/mol. The number of oxime groups is 1. The summed E-state index contributed by atoms with van der Waals surface area (Å²) in [5.41, 5.74) is -4.72. The Kier molecular flexibility index (Phi) is 7.96. The van der Waals surface area contributed by atoms with Crippen LogP contribution in [0.4, 0.5) is 26.3 Å². The molecule has 0 aromatic heterocycles. The van der Waals surface area contributed by atoms with E-state index < -0.39 is 48.3 Å². The second kappa shape index (κ2) is 10.7. The molecule has 14 heteroatoms. The third-order valence-corrected chi connectivity index (χ3v) is 6.87. The number of alkyl halides is 6. The van der Waals surface area contributed by atoms with Crippen molar-refractivity contribution < 1.29 is 40.8 Å². The summed E-state index contributed by atoms with van der Waals surface area (Å²) in [6.45, 7) is 0.890. The molecule has 0 spiro atoms. The summed E-state index contributed by atoms with van der Waals surface area (Å²) >= 11 is 11.9. The topological polar surface area (TPSA) is 79.8 Å². The molecule has 0 saturated heterocycles. The Bertz CT molecular complexity index is 1540. The average Bonchev–Trinajstić information content (AvgIpc) is 3.32. The summed E-state index contributed by atoms with van der Waals surface area (Å²) in [4.78, 5) is 30.5. The lowest BCUT2D eigenvalue weighted by Crippen LogP contribution is -2.56. The molecule has 3 aromatic rings. The fraction of sp³-hybridized carbons (Fsp3) is 0.296. The summed E-state index contributed by atoms with van der Waals surface area (Å²) < 4.78 is 80.9. The van der Waals surface area contributed by atoms with E-state index >= 15 is 0 Å². The van der Waals surface area contributed by atoms with Crippen LogP contribution in [0.2, 0.25) is 10.0 Å². The first-order valence-electron chi connectivity index (χ1n) is 11.9. The molecule has 0 saturated carbocycles. The predicted octanol–water partition coefficient (Wildman–Crippen LogP) is 6.92. The van der Waals surface area contributed by atoms with Crippen molar-refractivity contribution in [3.8, 4) is 0 Å². The van der Waals surface area contributed by atoms with Crippen LogP contribution in [0.1, 0.15) is 41.8 Å². The van der Waals surface area contributed by atoms with Gasteiger partial charge >= 0.3 is 12.4 Å². The third kappa shape index (κ3) is 6.23. The van der Waals surface area contributed by atoms with Crippen molar-refractivity contribution in [3.05, 3.63) is 81.3 Å². The maximum Gasteiger partial charge on any atom is 0.435 e. The Morgan fingerprint density at radius 2 is 1.56 bits per heavy atom. The lowest BCUT2D eigenvalue weighted by Gasteiger charge is -2.29. The summed E-state index contributed by atoms with van der Waals surface area (Å²) in [6.07, 6.45) is -10.3. The van der Waals surface area contributed by atoms with Crippen molar-refractivity contribution in [3.63, 3.8) is 0 Å². The number of rotatable bonds is 6. The Hall–Kier alpha value is -3.51. The van der Waals surface area contributed by atoms with E-state index in [-0.39, 0.29) is 32.4 Å². The minimum atomic E-state index is -4.92. The highest BCUT2D eigenvalue weighted by molar-refractivity contribution is 6.34. The van der Waals surface area contributed by atoms with Gasteiger partial charge in [0.15, 0.2) is 0 Å². The lowest BCUT2D eigenvalue weighted by molar-refractivity contribution is -0.275. The Morgan fingerprint density at radius 3 is 2.15 bits per heavy atom. The summed E-state index contributed by atoms with van der Waals surface area (Å²) in [6, 6.07) is 12.5. The van der Waals surface area contributed by atoms with Gasteiger partial charge < -0.3 is 15.5 Å². The van der Waals surface area contributed by atoms with Gasteiger partial charge in [0, 0.05) is 33.2 Å². The van der Waals surface area contributed by atoms with Crippen LogP contribution in [0.3, 0.4) is 0 Å². The number of amides is 2. The van der Waals surface area contributed by atoms with Crippen LogP contribution < -0.4 is 10.6 Å². The quantitative estimate of drug-likeness (QED) is 0.294. The zero-order chi connectivity index (χ0) is 30.4. The van der Waals surface area contributed by atoms with E-state index in [1.54, 1.807) is 23.5 Å². The van der Waals surface area contributed by atoms with Gasteiger partial charge in [0.05, 0.1) is 5.71 Å². The van der Waals surface area contributed by atoms with Gasteiger partial charge in [0.2, 0.25) is 5.91 Å². The Morgan fingerprint density at radius 1 is 0.951 bits per heavy atom. The molecule has 1 unspecified atom stereocenters. The van der Waals surface area contributed by atoms with E-state index in [1.807, 2.05) is 0 Å². The minimum absolute atomic E-state index is 0.0241. The van der Waals surface area contributed by atoms with Crippen LogP contribution in [0.5, 0.6) is 0 Å². The number of nitrogens with one attached hydrogen (secondary N) is 2. The van der Waals surface area contributed by atoms with E-state index in [9.17, 15) is 35.9 Å². The molecule has 0 aliphatic carbocycles. The Labute approximate surface area is 239 Å². The van der Waals surface area contributed by atoms with Gasteiger partial charge in [-0.3, -0.25) is 9.59 Å². The van der Waals surface area contributed by atoms with Crippen molar-refractivity contribution in [2.24, 2.45) is 5.16 Å². The van der Waals surface area contributed by atoms with Crippen LogP contribution in [0.25, 0.3) is 10.8 Å². The van der Waals surface area contributed by atoms with Crippen LogP contribution in [-0.2, 0) is 15.2 Å². The van der Waals surface area contributed by atoms with E-state index in [0.717, 1.165) is 12.1 Å². The van der Waals surface area contributed by atoms with E-state index in [4.69, 9.17) is 28.0 Å². The number of benzene rings is 3. The first-order chi connectivity index (χ1) is 18.9. The van der Waals surface area contributed by atoms with Crippen molar-refractivity contribution in [2.45, 2.75) is 43.8 Å². The fourth-order valence-corrected chi connectivity index (χ4v) is 4.92. The monoisotopic (exact) mass is 619 g/mol. The van der Waals surface area contributed by atoms with Crippen molar-refractivity contribution in [1.82, 2.24) is 10.6 Å². The van der Waals surface area contributed by atoms with Crippen LogP contribution in [-0.4, -0.2) is 42.0 Å². The SMILES string of the molecule is CC(C)(NC(=O)c1ccc(C2=NOC(c3cc(Cl)cc(Cl)c3)(C(F)(F)F)C2)c2ccccc12)C(=O)NCC(F)(F)F. The number of carbonyl (C=O) groups excluding carboxylic acids is 2. The van der Waals surface area contributed by atoms with Crippen LogP contribution in [0.15, 0.2) is 59.8 Å². The first kappa shape index (κ1) is 30.4. The molecule has 0 bridgehead atoms. The predicted molar refractivity (Wildman–Crippen MR) is 141 cm³/mol. The molecular formula is C27H21Cl2F6N3O3. The second-order valence-corrected chi connectivity index (χ2v) is 10.7. The van der Waals surface area contributed by atoms with Crippen molar-refractivity contribution in [2.75, 3.05) is 6.54 Å². The highest BCUT2D eigenvalue weighted by Gasteiger charge is 2.62. The zero-order valence-electron chi connectivity index (χ0n) is 21.3. The lowest BCUT2D eigenvalue weighted by atomic mass is 9.85. The molecule has 1 atom stereocenters. The number of fused-ring (bicyclic) bond motifs is 1. The number of hydrogen-bond donors (Lipinski definition) is 2. The highest BCUT2D eigenvalue weighted by atomic mass is 35.5. The first-order valence-corrected chi connectivity index (χ1v) is 12.7. The smallest absolute Gasteiger partial charge is 0.374 e. The molecule has 1 heterocycles. The fourth-order valence-electron chi connectivity index (χ4n) is 4.39. The highest BCUT2D eigenvalue weighted by Crippen LogP contribution is 2.50. The summed E-state index contributed by atoms with van der Waals surface area (Å²) in [7, 11) is 0. The summed E-state index contributed by atoms with van der Waals surface area (Å²) in [5.74, 6) is -1.85. The molecule has 218 valence electrons. The van der Waals surface area contributed by atoms with E-state index in [2.05, 4.69) is 10.5 Å². The van der Waals surface area contributed by atoms with Gasteiger partial charge in [0.1, 0.15) is 12.1 Å². The van der Waals surface area contributed by atoms with Gasteiger partial charge in [0.25, 0.3) is 11.5 Å². The number of carbonyl (C=O) groups is 2. The summed E-state index contributed by atoms with van der Waals surface area (Å²) in [5, 5.41) is 8.51. The van der Waals surface area contributed by atoms with Gasteiger partial charge in [-0.2, -0.15) is 26.3 Å². The molecule has 0 radical (unpaired) electrons. The van der Waals surface area contributed by atoms with Gasteiger partial charge in [-0.15, -0.1) is 0 Å². The molecule has 0 fully saturated rings. The number of halogens is 8. The molecule has 1 aliphatic heterocycles. The molecule has 6 nitrogen and oxygen atoms in total. The number of nitrogens with zero attached hydrogens (tertiary/aromatic N) is 1. The van der Waals surface area contributed by atoms with Crippen LogP contribution in [0, 0.1) is 0 Å². The molecule has 2 amide bonds. The van der Waals surface area contributed by atoms with Gasteiger partial charge in [-0.25, -0.2) is 0 Å². The molecule has 41 heavy (non-hydrogen) atoms. The number of hydrogen-bond acceptors (Lipinski definition) is 4. The molecule has 4 rings (SSSR count). The molecule has 1 aliphatic rings. The maximum absolute atomic E-state index is 14.4. The Balaban J connectivity index is 1.67. The third-order valence-electron chi connectivity index (χ3n) is 6.44. The van der Waals surface area contributed by atoms with Crippen molar-refractivity contribution >= 4 is 51.5 Å². The molecule has 2 N–H and O–H groups in total. The van der Waals surface area contributed by atoms with Crippen molar-refractivity contribution in [1.29, 1.82) is 0 Å². The zero-order valence-corrected chi connectivity index (χ0v) is 22.8. The maximum atomic E-state index is 14.4. The second-order valence-electron chi connectivity index (χ2n) is 9.87. The van der Waals surface area contributed by atoms with Crippen LogP contribution >= 0.6 is 23.2 Å². The average molecular weight is 620 g/mol. The van der Waals surface area contributed by atoms with E-state index in [1.165, 1.54) is 38.1 Å². The normalized spacial score (nSPS) is 17.7. The van der Waals surface area contributed by atoms with Gasteiger partial charge in [-0.05, 0) is 48.9 Å². The largest absolute Gasteiger partial charge is 0.435 e. The van der Waals surface area contributed by atoms with Gasteiger partial charge in [-0.1, -0.05) is 58.7 Å². The minimum Gasteiger partial charge on any atom is -0.374 e. The molecule has 3 aromatic carbocycles.